The van der Waals surface area contributed by atoms with Crippen LogP contribution in [0.3, 0.4) is 0 Å². The molecule has 1 aromatic carbocycles. The molecule has 0 spiro atoms. The van der Waals surface area contributed by atoms with Crippen LogP contribution in [0, 0.1) is 17.2 Å². The summed E-state index contributed by atoms with van der Waals surface area (Å²) in [7, 11) is 0. The SMILES string of the molecule is CCC1CNCCC1(C#N)Nc1ccccc1Br. The van der Waals surface area contributed by atoms with Crippen molar-refractivity contribution in [3.8, 4) is 6.07 Å². The lowest BCUT2D eigenvalue weighted by atomic mass is 9.78. The highest BCUT2D eigenvalue weighted by molar-refractivity contribution is 9.10. The topological polar surface area (TPSA) is 47.9 Å². The van der Waals surface area contributed by atoms with Gasteiger partial charge in [0.25, 0.3) is 0 Å². The minimum atomic E-state index is -0.454. The molecule has 1 saturated heterocycles. The van der Waals surface area contributed by atoms with Gasteiger partial charge in [-0.05, 0) is 47.4 Å². The van der Waals surface area contributed by atoms with E-state index in [0.29, 0.717) is 5.92 Å². The van der Waals surface area contributed by atoms with E-state index in [0.717, 1.165) is 36.1 Å². The maximum absolute atomic E-state index is 9.64. The first-order valence-corrected chi connectivity index (χ1v) is 7.16. The summed E-state index contributed by atoms with van der Waals surface area (Å²) < 4.78 is 1.01. The Morgan fingerprint density at radius 1 is 1.56 bits per heavy atom. The molecule has 1 aliphatic rings. The fourth-order valence-corrected chi connectivity index (χ4v) is 2.96. The second kappa shape index (κ2) is 5.73. The summed E-state index contributed by atoms with van der Waals surface area (Å²) in [6.07, 6.45) is 1.83. The predicted molar refractivity (Wildman–Crippen MR) is 77.4 cm³/mol. The normalized spacial score (nSPS) is 27.5. The molecule has 0 aliphatic carbocycles. The number of halogens is 1. The summed E-state index contributed by atoms with van der Waals surface area (Å²) >= 11 is 3.53. The Labute approximate surface area is 117 Å². The molecule has 4 heteroatoms. The summed E-state index contributed by atoms with van der Waals surface area (Å²) in [6.45, 7) is 3.94. The van der Waals surface area contributed by atoms with Gasteiger partial charge in [-0.2, -0.15) is 5.26 Å². The third kappa shape index (κ3) is 2.52. The first-order chi connectivity index (χ1) is 8.72. The highest BCUT2D eigenvalue weighted by Crippen LogP contribution is 2.33. The third-order valence-electron chi connectivity index (χ3n) is 3.71. The minimum absolute atomic E-state index is 0.336. The minimum Gasteiger partial charge on any atom is -0.366 e. The zero-order chi connectivity index (χ0) is 13.0. The Morgan fingerprint density at radius 3 is 3.00 bits per heavy atom. The van der Waals surface area contributed by atoms with Crippen molar-refractivity contribution < 1.29 is 0 Å². The van der Waals surface area contributed by atoms with Gasteiger partial charge in [0.1, 0.15) is 5.54 Å². The summed E-state index contributed by atoms with van der Waals surface area (Å²) in [6, 6.07) is 10.5. The van der Waals surface area contributed by atoms with Crippen LogP contribution in [0.1, 0.15) is 19.8 Å². The largest absolute Gasteiger partial charge is 0.366 e. The Hall–Kier alpha value is -1.05. The molecule has 3 nitrogen and oxygen atoms in total. The zero-order valence-electron chi connectivity index (χ0n) is 10.5. The van der Waals surface area contributed by atoms with Crippen molar-refractivity contribution >= 4 is 21.6 Å². The summed E-state index contributed by atoms with van der Waals surface area (Å²) in [4.78, 5) is 0. The van der Waals surface area contributed by atoms with E-state index < -0.39 is 5.54 Å². The van der Waals surface area contributed by atoms with Gasteiger partial charge in [0, 0.05) is 22.6 Å². The molecule has 1 aromatic rings. The van der Waals surface area contributed by atoms with Crippen LogP contribution in [-0.4, -0.2) is 18.6 Å². The fourth-order valence-electron chi connectivity index (χ4n) is 2.58. The van der Waals surface area contributed by atoms with Crippen LogP contribution in [0.15, 0.2) is 28.7 Å². The van der Waals surface area contributed by atoms with E-state index in [1.165, 1.54) is 0 Å². The Kier molecular flexibility index (Phi) is 4.26. The van der Waals surface area contributed by atoms with Crippen LogP contribution >= 0.6 is 15.9 Å². The van der Waals surface area contributed by atoms with E-state index in [-0.39, 0.29) is 0 Å². The molecule has 1 aliphatic heterocycles. The molecule has 18 heavy (non-hydrogen) atoms. The van der Waals surface area contributed by atoms with Gasteiger partial charge < -0.3 is 10.6 Å². The van der Waals surface area contributed by atoms with Crippen molar-refractivity contribution in [3.63, 3.8) is 0 Å². The van der Waals surface area contributed by atoms with Gasteiger partial charge in [-0.25, -0.2) is 0 Å². The van der Waals surface area contributed by atoms with E-state index in [4.69, 9.17) is 0 Å². The molecule has 2 atom stereocenters. The molecular formula is C14H18BrN3. The highest BCUT2D eigenvalue weighted by Gasteiger charge is 2.40. The van der Waals surface area contributed by atoms with E-state index in [2.05, 4.69) is 39.6 Å². The number of piperidine rings is 1. The fraction of sp³-hybridized carbons (Fsp3) is 0.500. The van der Waals surface area contributed by atoms with Gasteiger partial charge >= 0.3 is 0 Å². The lowest BCUT2D eigenvalue weighted by Gasteiger charge is -2.40. The van der Waals surface area contributed by atoms with E-state index in [1.807, 2.05) is 24.3 Å². The molecule has 1 heterocycles. The van der Waals surface area contributed by atoms with Crippen LogP contribution in [0.2, 0.25) is 0 Å². The molecule has 0 saturated carbocycles. The van der Waals surface area contributed by atoms with Crippen LogP contribution in [0.4, 0.5) is 5.69 Å². The molecule has 2 N–H and O–H groups in total. The van der Waals surface area contributed by atoms with Gasteiger partial charge in [-0.15, -0.1) is 0 Å². The Balaban J connectivity index is 2.28. The van der Waals surface area contributed by atoms with Crippen LogP contribution < -0.4 is 10.6 Å². The lowest BCUT2D eigenvalue weighted by molar-refractivity contribution is 0.276. The van der Waals surface area contributed by atoms with E-state index >= 15 is 0 Å². The van der Waals surface area contributed by atoms with Gasteiger partial charge in [0.05, 0.1) is 6.07 Å². The van der Waals surface area contributed by atoms with Gasteiger partial charge in [-0.3, -0.25) is 0 Å². The van der Waals surface area contributed by atoms with Crippen molar-refractivity contribution in [3.05, 3.63) is 28.7 Å². The number of hydrogen-bond acceptors (Lipinski definition) is 3. The molecule has 96 valence electrons. The number of hydrogen-bond donors (Lipinski definition) is 2. The molecule has 0 aromatic heterocycles. The van der Waals surface area contributed by atoms with Crippen LogP contribution in [0.25, 0.3) is 0 Å². The van der Waals surface area contributed by atoms with E-state index in [1.54, 1.807) is 0 Å². The molecule has 2 rings (SSSR count). The van der Waals surface area contributed by atoms with Crippen molar-refractivity contribution in [2.45, 2.75) is 25.3 Å². The van der Waals surface area contributed by atoms with Crippen molar-refractivity contribution in [2.24, 2.45) is 5.92 Å². The molecule has 1 fully saturated rings. The molecule has 2 unspecified atom stereocenters. The average molecular weight is 308 g/mol. The number of nitrogens with zero attached hydrogens (tertiary/aromatic N) is 1. The van der Waals surface area contributed by atoms with Gasteiger partial charge in [0.15, 0.2) is 0 Å². The van der Waals surface area contributed by atoms with Crippen molar-refractivity contribution in [1.29, 1.82) is 5.26 Å². The average Bonchev–Trinajstić information content (AvgIpc) is 2.42. The first-order valence-electron chi connectivity index (χ1n) is 6.36. The predicted octanol–water partition coefficient (Wildman–Crippen LogP) is 3.14. The van der Waals surface area contributed by atoms with Crippen molar-refractivity contribution in [1.82, 2.24) is 5.32 Å². The number of rotatable bonds is 3. The summed E-state index contributed by atoms with van der Waals surface area (Å²) in [5.41, 5.74) is 0.545. The molecule has 0 radical (unpaired) electrons. The Bertz CT molecular complexity index is 455. The Morgan fingerprint density at radius 2 is 2.33 bits per heavy atom. The summed E-state index contributed by atoms with van der Waals surface area (Å²) in [5.74, 6) is 0.336. The monoisotopic (exact) mass is 307 g/mol. The molecule has 0 amide bonds. The number of nitrogens with one attached hydrogen (secondary N) is 2. The third-order valence-corrected chi connectivity index (χ3v) is 4.40. The first kappa shape index (κ1) is 13.4. The van der Waals surface area contributed by atoms with Crippen LogP contribution in [-0.2, 0) is 0 Å². The number of anilines is 1. The second-order valence-corrected chi connectivity index (χ2v) is 5.60. The molecular weight excluding hydrogens is 290 g/mol. The maximum Gasteiger partial charge on any atom is 0.130 e. The zero-order valence-corrected chi connectivity index (χ0v) is 12.1. The second-order valence-electron chi connectivity index (χ2n) is 4.75. The molecule has 0 bridgehead atoms. The lowest BCUT2D eigenvalue weighted by Crippen LogP contribution is -2.54. The number of benzene rings is 1. The number of nitriles is 1. The smallest absolute Gasteiger partial charge is 0.130 e. The quantitative estimate of drug-likeness (QED) is 0.902. The van der Waals surface area contributed by atoms with Gasteiger partial charge in [-0.1, -0.05) is 19.1 Å². The number of para-hydroxylation sites is 1. The van der Waals surface area contributed by atoms with Crippen LogP contribution in [0.5, 0.6) is 0 Å². The van der Waals surface area contributed by atoms with Crippen molar-refractivity contribution in [2.75, 3.05) is 18.4 Å². The van der Waals surface area contributed by atoms with E-state index in [9.17, 15) is 5.26 Å². The highest BCUT2D eigenvalue weighted by atomic mass is 79.9. The summed E-state index contributed by atoms with van der Waals surface area (Å²) in [5, 5.41) is 16.5. The standard InChI is InChI=1S/C14H18BrN3/c1-2-11-9-17-8-7-14(11,10-16)18-13-6-4-3-5-12(13)15/h3-6,11,17-18H,2,7-9H2,1H3. The maximum atomic E-state index is 9.64. The van der Waals surface area contributed by atoms with Gasteiger partial charge in [0.2, 0.25) is 0 Å².